The molecule has 1 aliphatic carbocycles. The number of hydrogen-bond donors (Lipinski definition) is 0. The monoisotopic (exact) mass is 229 g/mol. The zero-order valence-corrected chi connectivity index (χ0v) is 9.85. The van der Waals surface area contributed by atoms with Crippen molar-refractivity contribution >= 4 is 17.4 Å². The van der Waals surface area contributed by atoms with Gasteiger partial charge in [-0.05, 0) is 30.9 Å². The predicted octanol–water partition coefficient (Wildman–Crippen LogP) is 2.97. The highest BCUT2D eigenvalue weighted by Crippen LogP contribution is 2.42. The van der Waals surface area contributed by atoms with E-state index in [1.807, 2.05) is 18.2 Å². The minimum Gasteiger partial charge on any atom is -0.456 e. The maximum absolute atomic E-state index is 11.1. The Balaban J connectivity index is 1.94. The summed E-state index contributed by atoms with van der Waals surface area (Å²) in [6.45, 7) is 1.46. The topological polar surface area (TPSA) is 38.7 Å². The van der Waals surface area contributed by atoms with Gasteiger partial charge in [-0.25, -0.2) is 0 Å². The number of ether oxygens (including phenoxy) is 1. The quantitative estimate of drug-likeness (QED) is 0.694. The van der Waals surface area contributed by atoms with Crippen LogP contribution in [0.1, 0.15) is 37.7 Å². The zero-order valence-electron chi connectivity index (χ0n) is 9.85. The molecule has 1 saturated carbocycles. The van der Waals surface area contributed by atoms with Crippen LogP contribution < -0.4 is 0 Å². The Morgan fingerprint density at radius 3 is 3.00 bits per heavy atom. The molecule has 2 atom stereocenters. The van der Waals surface area contributed by atoms with Crippen molar-refractivity contribution in [3.63, 3.8) is 0 Å². The van der Waals surface area contributed by atoms with Gasteiger partial charge in [-0.2, -0.15) is 0 Å². The van der Waals surface area contributed by atoms with Crippen LogP contribution in [0.3, 0.4) is 0 Å². The third kappa shape index (κ3) is 1.75. The van der Waals surface area contributed by atoms with Crippen LogP contribution in [0.15, 0.2) is 29.3 Å². The van der Waals surface area contributed by atoms with Crippen LogP contribution in [0.4, 0.5) is 5.69 Å². The molecular weight excluding hydrogens is 214 g/mol. The van der Waals surface area contributed by atoms with Crippen LogP contribution in [0, 0.1) is 0 Å². The molecule has 0 spiro atoms. The molecule has 1 aliphatic heterocycles. The Morgan fingerprint density at radius 1 is 1.35 bits per heavy atom. The van der Waals surface area contributed by atoms with E-state index < -0.39 is 0 Å². The summed E-state index contributed by atoms with van der Waals surface area (Å²) < 4.78 is 5.37. The molecule has 0 aromatic heterocycles. The van der Waals surface area contributed by atoms with Crippen LogP contribution in [0.25, 0.3) is 0 Å². The Bertz CT molecular complexity index is 493. The summed E-state index contributed by atoms with van der Waals surface area (Å²) >= 11 is 0. The molecule has 17 heavy (non-hydrogen) atoms. The maximum atomic E-state index is 11.1. The molecule has 3 nitrogen and oxygen atoms in total. The molecule has 0 bridgehead atoms. The van der Waals surface area contributed by atoms with Crippen LogP contribution in [0.5, 0.6) is 0 Å². The van der Waals surface area contributed by atoms with Crippen molar-refractivity contribution in [3.05, 3.63) is 29.8 Å². The third-order valence-corrected chi connectivity index (χ3v) is 3.52. The van der Waals surface area contributed by atoms with Gasteiger partial charge in [0.25, 0.3) is 0 Å². The molecule has 1 heterocycles. The van der Waals surface area contributed by atoms with Crippen LogP contribution in [0.2, 0.25) is 0 Å². The smallest absolute Gasteiger partial charge is 0.303 e. The second-order valence-electron chi connectivity index (χ2n) is 4.68. The largest absolute Gasteiger partial charge is 0.456 e. The number of aliphatic imine (C=N–C) groups is 1. The normalized spacial score (nSPS) is 25.8. The summed E-state index contributed by atoms with van der Waals surface area (Å²) in [6, 6.07) is 8.21. The standard InChI is InChI=1S/C14H15NO2/c1-9(16)17-13-8-4-6-11-10-5-2-3-7-12(10)15-14(11)13/h2-3,5,7,11,13H,4,6,8H2,1H3. The van der Waals surface area contributed by atoms with Gasteiger partial charge < -0.3 is 4.74 Å². The first-order valence-electron chi connectivity index (χ1n) is 6.10. The highest BCUT2D eigenvalue weighted by atomic mass is 16.5. The first-order chi connectivity index (χ1) is 8.25. The first kappa shape index (κ1) is 10.5. The van der Waals surface area contributed by atoms with E-state index in [0.717, 1.165) is 30.7 Å². The van der Waals surface area contributed by atoms with Crippen molar-refractivity contribution in [1.82, 2.24) is 0 Å². The van der Waals surface area contributed by atoms with Gasteiger partial charge in [-0.15, -0.1) is 0 Å². The van der Waals surface area contributed by atoms with Crippen molar-refractivity contribution in [3.8, 4) is 0 Å². The molecule has 2 unspecified atom stereocenters. The first-order valence-corrected chi connectivity index (χ1v) is 6.10. The summed E-state index contributed by atoms with van der Waals surface area (Å²) in [6.07, 6.45) is 3.01. The number of rotatable bonds is 1. The molecule has 88 valence electrons. The van der Waals surface area contributed by atoms with Gasteiger partial charge in [-0.3, -0.25) is 9.79 Å². The van der Waals surface area contributed by atoms with E-state index in [-0.39, 0.29) is 12.1 Å². The summed E-state index contributed by atoms with van der Waals surface area (Å²) in [4.78, 5) is 15.7. The molecule has 0 amide bonds. The van der Waals surface area contributed by atoms with E-state index in [4.69, 9.17) is 4.74 Å². The fourth-order valence-corrected chi connectivity index (χ4v) is 2.83. The van der Waals surface area contributed by atoms with Gasteiger partial charge in [0.2, 0.25) is 0 Å². The molecular formula is C14H15NO2. The third-order valence-electron chi connectivity index (χ3n) is 3.52. The fourth-order valence-electron chi connectivity index (χ4n) is 2.83. The van der Waals surface area contributed by atoms with Crippen LogP contribution in [-0.4, -0.2) is 17.8 Å². The van der Waals surface area contributed by atoms with Crippen molar-refractivity contribution < 1.29 is 9.53 Å². The maximum Gasteiger partial charge on any atom is 0.303 e. The Morgan fingerprint density at radius 2 is 2.18 bits per heavy atom. The number of nitrogens with zero attached hydrogens (tertiary/aromatic N) is 1. The van der Waals surface area contributed by atoms with Gasteiger partial charge in [0.15, 0.2) is 0 Å². The molecule has 0 N–H and O–H groups in total. The molecule has 0 radical (unpaired) electrons. The number of benzene rings is 1. The molecule has 3 rings (SSSR count). The highest BCUT2D eigenvalue weighted by Gasteiger charge is 2.36. The van der Waals surface area contributed by atoms with Crippen LogP contribution >= 0.6 is 0 Å². The van der Waals surface area contributed by atoms with Crippen molar-refractivity contribution in [1.29, 1.82) is 0 Å². The lowest BCUT2D eigenvalue weighted by molar-refractivity contribution is -0.143. The molecule has 3 heteroatoms. The number of esters is 1. The van der Waals surface area contributed by atoms with E-state index in [1.165, 1.54) is 12.5 Å². The second kappa shape index (κ2) is 3.99. The lowest BCUT2D eigenvalue weighted by Gasteiger charge is -2.27. The van der Waals surface area contributed by atoms with Gasteiger partial charge >= 0.3 is 5.97 Å². The Hall–Kier alpha value is -1.64. The number of fused-ring (bicyclic) bond motifs is 3. The van der Waals surface area contributed by atoms with Gasteiger partial charge in [0, 0.05) is 12.8 Å². The highest BCUT2D eigenvalue weighted by molar-refractivity contribution is 6.02. The second-order valence-corrected chi connectivity index (χ2v) is 4.68. The van der Waals surface area contributed by atoms with E-state index in [2.05, 4.69) is 11.1 Å². The van der Waals surface area contributed by atoms with E-state index >= 15 is 0 Å². The van der Waals surface area contributed by atoms with E-state index in [1.54, 1.807) is 0 Å². The fraction of sp³-hybridized carbons (Fsp3) is 0.429. The lowest BCUT2D eigenvalue weighted by atomic mass is 9.82. The minimum absolute atomic E-state index is 0.112. The van der Waals surface area contributed by atoms with Gasteiger partial charge in [0.1, 0.15) is 6.10 Å². The molecule has 2 aliphatic rings. The predicted molar refractivity (Wildman–Crippen MR) is 65.7 cm³/mol. The zero-order chi connectivity index (χ0) is 11.8. The molecule has 1 aromatic rings. The van der Waals surface area contributed by atoms with E-state index in [9.17, 15) is 4.79 Å². The van der Waals surface area contributed by atoms with E-state index in [0.29, 0.717) is 5.92 Å². The van der Waals surface area contributed by atoms with Crippen molar-refractivity contribution in [2.24, 2.45) is 4.99 Å². The number of para-hydroxylation sites is 1. The molecule has 0 saturated heterocycles. The van der Waals surface area contributed by atoms with Gasteiger partial charge in [-0.1, -0.05) is 18.2 Å². The number of carbonyl (C=O) groups is 1. The summed E-state index contributed by atoms with van der Waals surface area (Å²) in [5.41, 5.74) is 3.39. The summed E-state index contributed by atoms with van der Waals surface area (Å²) in [7, 11) is 0. The summed E-state index contributed by atoms with van der Waals surface area (Å²) in [5, 5.41) is 0. The number of hydrogen-bond acceptors (Lipinski definition) is 3. The minimum atomic E-state index is -0.214. The summed E-state index contributed by atoms with van der Waals surface area (Å²) in [5.74, 6) is 0.151. The SMILES string of the molecule is CC(=O)OC1CCCC2C1=Nc1ccccc12. The van der Waals surface area contributed by atoms with Crippen molar-refractivity contribution in [2.45, 2.75) is 38.2 Å². The average molecular weight is 229 g/mol. The Kier molecular flexibility index (Phi) is 2.46. The molecule has 1 fully saturated rings. The average Bonchev–Trinajstić information content (AvgIpc) is 2.68. The number of carbonyl (C=O) groups excluding carboxylic acids is 1. The molecule has 1 aromatic carbocycles. The van der Waals surface area contributed by atoms with Gasteiger partial charge in [0.05, 0.1) is 11.4 Å². The van der Waals surface area contributed by atoms with Crippen LogP contribution in [-0.2, 0) is 9.53 Å². The van der Waals surface area contributed by atoms with Crippen molar-refractivity contribution in [2.75, 3.05) is 0 Å². The lowest BCUT2D eigenvalue weighted by Crippen LogP contribution is -2.33. The Labute approximate surface area is 101 Å².